The maximum Gasteiger partial charge on any atom is 0.346 e. The van der Waals surface area contributed by atoms with E-state index in [0.717, 1.165) is 36.4 Å². The number of carbonyl (C=O) groups excluding carboxylic acids is 4. The normalized spacial score (nSPS) is 10.8. The van der Waals surface area contributed by atoms with Crippen molar-refractivity contribution in [3.05, 3.63) is 131 Å². The zero-order chi connectivity index (χ0) is 39.0. The maximum absolute atomic E-state index is 14.8. The number of hydrogen-bond donors (Lipinski definition) is 0. The fourth-order valence-electron chi connectivity index (χ4n) is 4.82. The number of halogens is 2. The first-order chi connectivity index (χ1) is 25.0. The van der Waals surface area contributed by atoms with Gasteiger partial charge in [0.25, 0.3) is 0 Å². The van der Waals surface area contributed by atoms with Gasteiger partial charge in [0.15, 0.2) is 0 Å². The van der Waals surface area contributed by atoms with Crippen molar-refractivity contribution in [2.24, 2.45) is 0 Å². The Bertz CT molecular complexity index is 2050. The molecule has 0 spiro atoms. The smallest absolute Gasteiger partial charge is 0.346 e. The third-order valence-corrected chi connectivity index (χ3v) is 9.10. The summed E-state index contributed by atoms with van der Waals surface area (Å²) in [5.41, 5.74) is 0.182. The summed E-state index contributed by atoms with van der Waals surface area (Å²) in [6.45, 7) is 11.5. The molecule has 0 aliphatic rings. The number of carbonyl (C=O) groups is 4. The lowest BCUT2D eigenvalue weighted by atomic mass is 10.1. The molecule has 0 radical (unpaired) electrons. The van der Waals surface area contributed by atoms with E-state index in [1.165, 1.54) is 64.1 Å². The van der Waals surface area contributed by atoms with E-state index in [1.54, 1.807) is 0 Å². The highest BCUT2D eigenvalue weighted by Crippen LogP contribution is 2.34. The topological polar surface area (TPSA) is 158 Å². The zero-order valence-corrected chi connectivity index (χ0v) is 29.6. The minimum atomic E-state index is -4.18. The molecule has 0 heterocycles. The van der Waals surface area contributed by atoms with Crippen LogP contribution in [0.5, 0.6) is 23.0 Å². The lowest BCUT2D eigenvalue weighted by Crippen LogP contribution is -2.14. The number of ether oxygens (including phenoxy) is 6. The SMILES string of the molecule is C=CC(=O)OCOc1ccc(C(=O)Oc2c(C)cc(S(=O)(=O)c3cc(C)c(OC(=O)c4ccc(OCOC(=O)C=C)cc4F)c(C)c3)cc2C)c(F)c1. The van der Waals surface area contributed by atoms with Crippen LogP contribution in [0.4, 0.5) is 8.78 Å². The first-order valence-electron chi connectivity index (χ1n) is 15.4. The van der Waals surface area contributed by atoms with Gasteiger partial charge in [0.05, 0.1) is 20.9 Å². The van der Waals surface area contributed by atoms with E-state index in [2.05, 4.69) is 22.6 Å². The van der Waals surface area contributed by atoms with Gasteiger partial charge in [0.1, 0.15) is 34.6 Å². The molecule has 0 fully saturated rings. The molecule has 53 heavy (non-hydrogen) atoms. The first kappa shape index (κ1) is 39.4. The summed E-state index contributed by atoms with van der Waals surface area (Å²) in [6, 6.07) is 11.8. The van der Waals surface area contributed by atoms with Crippen LogP contribution in [0, 0.1) is 39.3 Å². The average Bonchev–Trinajstić information content (AvgIpc) is 3.10. The minimum Gasteiger partial charge on any atom is -0.457 e. The summed E-state index contributed by atoms with van der Waals surface area (Å²) in [5.74, 6) is -5.55. The molecule has 4 aromatic carbocycles. The van der Waals surface area contributed by atoms with Crippen molar-refractivity contribution in [3.8, 4) is 23.0 Å². The Balaban J connectivity index is 1.49. The third-order valence-electron chi connectivity index (χ3n) is 7.39. The largest absolute Gasteiger partial charge is 0.457 e. The molecule has 0 amide bonds. The van der Waals surface area contributed by atoms with E-state index in [0.29, 0.717) is 0 Å². The molecule has 15 heteroatoms. The van der Waals surface area contributed by atoms with Gasteiger partial charge in [-0.15, -0.1) is 0 Å². The van der Waals surface area contributed by atoms with Gasteiger partial charge in [-0.3, -0.25) is 0 Å². The minimum absolute atomic E-state index is 0.0163. The Hall–Kier alpha value is -6.35. The van der Waals surface area contributed by atoms with Gasteiger partial charge in [0, 0.05) is 24.3 Å². The van der Waals surface area contributed by atoms with Crippen LogP contribution in [-0.2, 0) is 28.9 Å². The van der Waals surface area contributed by atoms with Crippen molar-refractivity contribution in [3.63, 3.8) is 0 Å². The van der Waals surface area contributed by atoms with Crippen molar-refractivity contribution in [2.75, 3.05) is 13.6 Å². The summed E-state index contributed by atoms with van der Waals surface area (Å²) < 4.78 is 87.6. The Morgan fingerprint density at radius 3 is 1.25 bits per heavy atom. The second-order valence-corrected chi connectivity index (χ2v) is 13.1. The molecular formula is C38H32F2O12S. The van der Waals surface area contributed by atoms with Crippen LogP contribution >= 0.6 is 0 Å². The maximum atomic E-state index is 14.8. The average molecular weight is 751 g/mol. The molecule has 0 N–H and O–H groups in total. The Morgan fingerprint density at radius 1 is 0.604 bits per heavy atom. The van der Waals surface area contributed by atoms with Crippen molar-refractivity contribution < 1.29 is 64.8 Å². The highest BCUT2D eigenvalue weighted by Gasteiger charge is 2.25. The summed E-state index contributed by atoms with van der Waals surface area (Å²) in [4.78, 5) is 47.8. The Morgan fingerprint density at radius 2 is 0.943 bits per heavy atom. The molecule has 0 atom stereocenters. The van der Waals surface area contributed by atoms with Crippen LogP contribution < -0.4 is 18.9 Å². The van der Waals surface area contributed by atoms with Crippen LogP contribution in [0.2, 0.25) is 0 Å². The van der Waals surface area contributed by atoms with Gasteiger partial charge in [0.2, 0.25) is 23.4 Å². The second-order valence-electron chi connectivity index (χ2n) is 11.2. The number of sulfone groups is 1. The number of rotatable bonds is 14. The van der Waals surface area contributed by atoms with Crippen molar-refractivity contribution in [1.29, 1.82) is 0 Å². The van der Waals surface area contributed by atoms with Gasteiger partial charge in [-0.1, -0.05) is 13.2 Å². The molecule has 0 aliphatic carbocycles. The van der Waals surface area contributed by atoms with E-state index >= 15 is 0 Å². The van der Waals surface area contributed by atoms with Crippen LogP contribution in [0.25, 0.3) is 0 Å². The summed E-state index contributed by atoms with van der Waals surface area (Å²) >= 11 is 0. The summed E-state index contributed by atoms with van der Waals surface area (Å²) in [6.07, 6.45) is 1.86. The zero-order valence-electron chi connectivity index (χ0n) is 28.8. The Labute approximate surface area is 303 Å². The first-order valence-corrected chi connectivity index (χ1v) is 16.9. The second kappa shape index (κ2) is 16.8. The van der Waals surface area contributed by atoms with Crippen molar-refractivity contribution >= 4 is 33.7 Å². The number of esters is 4. The molecule has 0 saturated carbocycles. The molecule has 4 aromatic rings. The molecule has 12 nitrogen and oxygen atoms in total. The van der Waals surface area contributed by atoms with E-state index < -0.39 is 70.1 Å². The van der Waals surface area contributed by atoms with Crippen molar-refractivity contribution in [2.45, 2.75) is 37.5 Å². The molecule has 0 unspecified atom stereocenters. The van der Waals surface area contributed by atoms with Crippen LogP contribution in [0.15, 0.2) is 95.8 Å². The molecule has 276 valence electrons. The van der Waals surface area contributed by atoms with E-state index in [9.17, 15) is 36.4 Å². The van der Waals surface area contributed by atoms with E-state index in [-0.39, 0.29) is 55.0 Å². The van der Waals surface area contributed by atoms with Gasteiger partial charge < -0.3 is 28.4 Å². The van der Waals surface area contributed by atoms with Crippen LogP contribution in [0.1, 0.15) is 43.0 Å². The molecule has 0 aliphatic heterocycles. The van der Waals surface area contributed by atoms with Gasteiger partial charge >= 0.3 is 23.9 Å². The van der Waals surface area contributed by atoms with Gasteiger partial charge in [-0.25, -0.2) is 36.4 Å². The monoisotopic (exact) mass is 750 g/mol. The molecule has 4 rings (SSSR count). The Kier molecular flexibility index (Phi) is 12.5. The summed E-state index contributed by atoms with van der Waals surface area (Å²) in [5, 5.41) is 0. The van der Waals surface area contributed by atoms with E-state index in [4.69, 9.17) is 18.9 Å². The van der Waals surface area contributed by atoms with Crippen LogP contribution in [0.3, 0.4) is 0 Å². The summed E-state index contributed by atoms with van der Waals surface area (Å²) in [7, 11) is -4.18. The fourth-order valence-corrected chi connectivity index (χ4v) is 6.42. The molecule has 0 bridgehead atoms. The highest BCUT2D eigenvalue weighted by atomic mass is 32.2. The number of benzene rings is 4. The highest BCUT2D eigenvalue weighted by molar-refractivity contribution is 7.91. The third kappa shape index (κ3) is 9.51. The fraction of sp³-hybridized carbons (Fsp3) is 0.158. The molecule has 0 saturated heterocycles. The quantitative estimate of drug-likeness (QED) is 0.0590. The number of hydrogen-bond acceptors (Lipinski definition) is 12. The predicted molar refractivity (Wildman–Crippen MR) is 184 cm³/mol. The van der Waals surface area contributed by atoms with Crippen molar-refractivity contribution in [1.82, 2.24) is 0 Å². The van der Waals surface area contributed by atoms with E-state index in [1.807, 2.05) is 0 Å². The lowest BCUT2D eigenvalue weighted by Gasteiger charge is -2.16. The molecule has 0 aromatic heterocycles. The predicted octanol–water partition coefficient (Wildman–Crippen LogP) is 6.60. The van der Waals surface area contributed by atoms with Gasteiger partial charge in [-0.2, -0.15) is 0 Å². The number of aryl methyl sites for hydroxylation is 4. The lowest BCUT2D eigenvalue weighted by molar-refractivity contribution is -0.145. The van der Waals surface area contributed by atoms with Gasteiger partial charge in [-0.05, 0) is 98.5 Å². The standard InChI is InChI=1S/C38H32F2O12S/c1-7-33(41)49-19-47-25-9-11-29(31(39)17-25)37(43)51-35-21(3)13-27(14-22(35)4)53(45,46)28-15-23(5)36(24(6)16-28)52-38(44)30-12-10-26(18-32(30)40)48-20-50-34(42)8-2/h7-18H,1-2,19-20H2,3-6H3. The molecular weight excluding hydrogens is 718 g/mol. The van der Waals surface area contributed by atoms with Crippen LogP contribution in [-0.4, -0.2) is 45.9 Å².